The van der Waals surface area contributed by atoms with Gasteiger partial charge in [-0.2, -0.15) is 0 Å². The van der Waals surface area contributed by atoms with Gasteiger partial charge >= 0.3 is 5.97 Å². The van der Waals surface area contributed by atoms with Gasteiger partial charge in [-0.25, -0.2) is 8.42 Å². The van der Waals surface area contributed by atoms with Gasteiger partial charge in [-0.05, 0) is 12.8 Å². The third-order valence-corrected chi connectivity index (χ3v) is 4.87. The average Bonchev–Trinajstić information content (AvgIpc) is 2.48. The van der Waals surface area contributed by atoms with Gasteiger partial charge in [0, 0.05) is 5.75 Å². The summed E-state index contributed by atoms with van der Waals surface area (Å²) in [6.07, 6.45) is 0.484. The van der Waals surface area contributed by atoms with Crippen molar-refractivity contribution in [2.24, 2.45) is 5.92 Å². The van der Waals surface area contributed by atoms with Crippen molar-refractivity contribution in [2.45, 2.75) is 25.0 Å². The van der Waals surface area contributed by atoms with Gasteiger partial charge in [-0.1, -0.05) is 19.1 Å². The maximum Gasteiger partial charge on any atom is 0.310 e. The SMILES string of the molecule is C=C1C[C@H](S(=O)(=O)CC)C[C@H]1C(=O)O. The number of rotatable bonds is 3. The molecule has 0 spiro atoms. The Morgan fingerprint density at radius 3 is 2.57 bits per heavy atom. The van der Waals surface area contributed by atoms with Crippen LogP contribution in [-0.4, -0.2) is 30.5 Å². The van der Waals surface area contributed by atoms with E-state index in [-0.39, 0.29) is 12.2 Å². The first-order chi connectivity index (χ1) is 6.38. The summed E-state index contributed by atoms with van der Waals surface area (Å²) in [4.78, 5) is 10.7. The summed E-state index contributed by atoms with van der Waals surface area (Å²) in [5.74, 6) is -1.58. The molecule has 4 nitrogen and oxygen atoms in total. The molecule has 1 saturated carbocycles. The van der Waals surface area contributed by atoms with Crippen molar-refractivity contribution in [3.8, 4) is 0 Å². The first-order valence-electron chi connectivity index (χ1n) is 4.50. The standard InChI is InChI=1S/C9H14O4S/c1-3-14(12,13)7-4-6(2)8(5-7)9(10)11/h7-8H,2-5H2,1H3,(H,10,11)/t7-,8+/m0/s1. The van der Waals surface area contributed by atoms with Crippen LogP contribution in [0.2, 0.25) is 0 Å². The number of hydrogen-bond acceptors (Lipinski definition) is 3. The Bertz CT molecular complexity index is 355. The molecule has 0 unspecified atom stereocenters. The molecule has 0 heterocycles. The van der Waals surface area contributed by atoms with Crippen molar-refractivity contribution in [3.05, 3.63) is 12.2 Å². The van der Waals surface area contributed by atoms with E-state index in [0.717, 1.165) is 0 Å². The number of sulfone groups is 1. The molecule has 0 aromatic carbocycles. The molecule has 14 heavy (non-hydrogen) atoms. The lowest BCUT2D eigenvalue weighted by Crippen LogP contribution is -2.21. The van der Waals surface area contributed by atoms with Crippen molar-refractivity contribution in [2.75, 3.05) is 5.75 Å². The molecule has 0 amide bonds. The molecule has 1 rings (SSSR count). The van der Waals surface area contributed by atoms with E-state index in [2.05, 4.69) is 6.58 Å². The maximum atomic E-state index is 11.5. The lowest BCUT2D eigenvalue weighted by atomic mass is 10.1. The van der Waals surface area contributed by atoms with Crippen LogP contribution in [0.5, 0.6) is 0 Å². The van der Waals surface area contributed by atoms with Crippen LogP contribution in [-0.2, 0) is 14.6 Å². The van der Waals surface area contributed by atoms with Crippen molar-refractivity contribution in [3.63, 3.8) is 0 Å². The molecule has 1 aliphatic rings. The second-order valence-corrected chi connectivity index (χ2v) is 6.13. The fourth-order valence-corrected chi connectivity index (χ4v) is 3.16. The Labute approximate surface area is 83.5 Å². The van der Waals surface area contributed by atoms with Crippen LogP contribution >= 0.6 is 0 Å². The molecule has 2 atom stereocenters. The number of carboxylic acids is 1. The first kappa shape index (κ1) is 11.2. The smallest absolute Gasteiger partial charge is 0.310 e. The van der Waals surface area contributed by atoms with Crippen molar-refractivity contribution < 1.29 is 18.3 Å². The van der Waals surface area contributed by atoms with Gasteiger partial charge in [-0.3, -0.25) is 4.79 Å². The Balaban J connectivity index is 2.83. The normalized spacial score (nSPS) is 27.9. The predicted octanol–water partition coefficient (Wildman–Crippen LogP) is 0.841. The highest BCUT2D eigenvalue weighted by molar-refractivity contribution is 7.92. The van der Waals surface area contributed by atoms with E-state index >= 15 is 0 Å². The molecule has 0 radical (unpaired) electrons. The monoisotopic (exact) mass is 218 g/mol. The van der Waals surface area contributed by atoms with Gasteiger partial charge < -0.3 is 5.11 Å². The molecule has 0 aliphatic heterocycles. The number of carboxylic acid groups (broad SMARTS) is 1. The zero-order valence-electron chi connectivity index (χ0n) is 8.06. The van der Waals surface area contributed by atoms with Crippen LogP contribution in [0.15, 0.2) is 12.2 Å². The van der Waals surface area contributed by atoms with Crippen molar-refractivity contribution >= 4 is 15.8 Å². The van der Waals surface area contributed by atoms with E-state index in [1.54, 1.807) is 6.92 Å². The summed E-state index contributed by atoms with van der Waals surface area (Å²) < 4.78 is 23.0. The van der Waals surface area contributed by atoms with Crippen LogP contribution in [0.4, 0.5) is 0 Å². The fraction of sp³-hybridized carbons (Fsp3) is 0.667. The molecular formula is C9H14O4S. The lowest BCUT2D eigenvalue weighted by molar-refractivity contribution is -0.140. The van der Waals surface area contributed by atoms with Gasteiger partial charge in [0.1, 0.15) is 0 Å². The van der Waals surface area contributed by atoms with Crippen molar-refractivity contribution in [1.29, 1.82) is 0 Å². The molecule has 0 aromatic rings. The first-order valence-corrected chi connectivity index (χ1v) is 6.22. The molecule has 1 aliphatic carbocycles. The summed E-state index contributed by atoms with van der Waals surface area (Å²) in [6.45, 7) is 5.19. The van der Waals surface area contributed by atoms with Gasteiger partial charge in [0.05, 0.1) is 11.2 Å². The van der Waals surface area contributed by atoms with E-state index in [9.17, 15) is 13.2 Å². The zero-order chi connectivity index (χ0) is 10.9. The average molecular weight is 218 g/mol. The molecule has 0 bridgehead atoms. The quantitative estimate of drug-likeness (QED) is 0.712. The van der Waals surface area contributed by atoms with Crippen LogP contribution in [0.1, 0.15) is 19.8 Å². The topological polar surface area (TPSA) is 71.4 Å². The van der Waals surface area contributed by atoms with Gasteiger partial charge in [-0.15, -0.1) is 0 Å². The third-order valence-electron chi connectivity index (χ3n) is 2.69. The molecule has 0 saturated heterocycles. The molecular weight excluding hydrogens is 204 g/mol. The van der Waals surface area contributed by atoms with Crippen LogP contribution in [0.3, 0.4) is 0 Å². The molecule has 0 aromatic heterocycles. The van der Waals surface area contributed by atoms with E-state index in [4.69, 9.17) is 5.11 Å². The Kier molecular flexibility index (Phi) is 2.99. The molecule has 5 heteroatoms. The molecule has 1 N–H and O–H groups in total. The van der Waals surface area contributed by atoms with E-state index in [0.29, 0.717) is 12.0 Å². The molecule has 80 valence electrons. The summed E-state index contributed by atoms with van der Waals surface area (Å²) in [5.41, 5.74) is 0.527. The highest BCUT2D eigenvalue weighted by atomic mass is 32.2. The van der Waals surface area contributed by atoms with Gasteiger partial charge in [0.2, 0.25) is 0 Å². The van der Waals surface area contributed by atoms with Gasteiger partial charge in [0.15, 0.2) is 9.84 Å². The number of hydrogen-bond donors (Lipinski definition) is 1. The predicted molar refractivity (Wildman–Crippen MR) is 52.7 cm³/mol. The second kappa shape index (κ2) is 3.73. The highest BCUT2D eigenvalue weighted by Gasteiger charge is 2.38. The van der Waals surface area contributed by atoms with Crippen LogP contribution in [0.25, 0.3) is 0 Å². The fourth-order valence-electron chi connectivity index (χ4n) is 1.73. The lowest BCUT2D eigenvalue weighted by Gasteiger charge is -2.07. The van der Waals surface area contributed by atoms with E-state index in [1.807, 2.05) is 0 Å². The largest absolute Gasteiger partial charge is 0.481 e. The second-order valence-electron chi connectivity index (χ2n) is 3.56. The summed E-state index contributed by atoms with van der Waals surface area (Å²) in [6, 6.07) is 0. The summed E-state index contributed by atoms with van der Waals surface area (Å²) in [7, 11) is -3.12. The van der Waals surface area contributed by atoms with E-state index in [1.165, 1.54) is 0 Å². The molecule has 1 fully saturated rings. The van der Waals surface area contributed by atoms with Crippen LogP contribution in [0, 0.1) is 5.92 Å². The Morgan fingerprint density at radius 1 is 1.64 bits per heavy atom. The minimum absolute atomic E-state index is 0.0668. The minimum Gasteiger partial charge on any atom is -0.481 e. The number of aliphatic carboxylic acids is 1. The van der Waals surface area contributed by atoms with Crippen LogP contribution < -0.4 is 0 Å². The van der Waals surface area contributed by atoms with Crippen molar-refractivity contribution in [1.82, 2.24) is 0 Å². The van der Waals surface area contributed by atoms with Gasteiger partial charge in [0.25, 0.3) is 0 Å². The highest BCUT2D eigenvalue weighted by Crippen LogP contribution is 2.34. The third kappa shape index (κ3) is 1.97. The Hall–Kier alpha value is -0.840. The van der Waals surface area contributed by atoms with E-state index < -0.39 is 27.0 Å². The Morgan fingerprint density at radius 2 is 2.21 bits per heavy atom. The minimum atomic E-state index is -3.12. The number of carbonyl (C=O) groups is 1. The summed E-state index contributed by atoms with van der Waals surface area (Å²) in [5, 5.41) is 8.24. The summed E-state index contributed by atoms with van der Waals surface area (Å²) >= 11 is 0. The zero-order valence-corrected chi connectivity index (χ0v) is 8.88. The maximum absolute atomic E-state index is 11.5.